The third kappa shape index (κ3) is 2.54. The molecule has 110 valence electrons. The van der Waals surface area contributed by atoms with Crippen molar-refractivity contribution >= 4 is 0 Å². The van der Waals surface area contributed by atoms with Crippen molar-refractivity contribution in [2.45, 2.75) is 45.8 Å². The van der Waals surface area contributed by atoms with Gasteiger partial charge in [0.2, 0.25) is 0 Å². The molecule has 0 fully saturated rings. The summed E-state index contributed by atoms with van der Waals surface area (Å²) in [5.41, 5.74) is 5.27. The molecule has 0 saturated heterocycles. The molecule has 0 radical (unpaired) electrons. The fourth-order valence-electron chi connectivity index (χ4n) is 3.20. The number of pyridine rings is 1. The van der Waals surface area contributed by atoms with Crippen molar-refractivity contribution < 1.29 is 5.11 Å². The summed E-state index contributed by atoms with van der Waals surface area (Å²) in [6, 6.07) is 10.2. The number of hydrogen-bond acceptors (Lipinski definition) is 2. The monoisotopic (exact) mass is 283 g/mol. The van der Waals surface area contributed by atoms with Gasteiger partial charge in [0, 0.05) is 12.1 Å². The largest absolute Gasteiger partial charge is 0.391 e. The summed E-state index contributed by atoms with van der Waals surface area (Å²) in [7, 11) is 0. The molecule has 2 aromatic rings. The van der Waals surface area contributed by atoms with E-state index in [-0.39, 0.29) is 12.2 Å². The van der Waals surface area contributed by atoms with E-state index in [4.69, 9.17) is 0 Å². The topological polar surface area (TPSA) is 42.2 Å². The number of benzene rings is 1. The third-order valence-corrected chi connectivity index (χ3v) is 4.38. The predicted molar refractivity (Wildman–Crippen MR) is 84.4 cm³/mol. The number of aromatic nitrogens is 1. The van der Waals surface area contributed by atoms with Crippen molar-refractivity contribution in [3.8, 4) is 11.3 Å². The van der Waals surface area contributed by atoms with Gasteiger partial charge in [-0.2, -0.15) is 0 Å². The molecule has 0 amide bonds. The van der Waals surface area contributed by atoms with Crippen LogP contribution in [0.2, 0.25) is 0 Å². The Morgan fingerprint density at radius 3 is 2.57 bits per heavy atom. The molecule has 3 nitrogen and oxygen atoms in total. The van der Waals surface area contributed by atoms with Gasteiger partial charge in [0.25, 0.3) is 5.56 Å². The second-order valence-corrected chi connectivity index (χ2v) is 5.64. The van der Waals surface area contributed by atoms with Crippen LogP contribution in [0.5, 0.6) is 0 Å². The standard InChI is InChI=1S/C18H21NO2/c1-2-19-17(10-9-16(12-20)18(19)21)15-8-7-13-5-3-4-6-14(13)11-15/h7-11,20H,2-6,12H2,1H3. The highest BCUT2D eigenvalue weighted by Crippen LogP contribution is 2.27. The predicted octanol–water partition coefficient (Wildman–Crippen LogP) is 2.91. The molecule has 1 aromatic heterocycles. The molecule has 1 aromatic carbocycles. The fourth-order valence-corrected chi connectivity index (χ4v) is 3.20. The molecule has 1 N–H and O–H groups in total. The molecule has 0 atom stereocenters. The zero-order chi connectivity index (χ0) is 14.8. The second kappa shape index (κ2) is 5.86. The van der Waals surface area contributed by atoms with Gasteiger partial charge in [0.05, 0.1) is 12.3 Å². The smallest absolute Gasteiger partial charge is 0.256 e. The number of fused-ring (bicyclic) bond motifs is 1. The average Bonchev–Trinajstić information content (AvgIpc) is 2.54. The highest BCUT2D eigenvalue weighted by atomic mass is 16.3. The van der Waals surface area contributed by atoms with Crippen LogP contribution in [0.3, 0.4) is 0 Å². The van der Waals surface area contributed by atoms with E-state index in [2.05, 4.69) is 18.2 Å². The van der Waals surface area contributed by atoms with E-state index in [1.54, 1.807) is 10.6 Å². The van der Waals surface area contributed by atoms with Crippen LogP contribution in [-0.4, -0.2) is 9.67 Å². The Bertz CT molecular complexity index is 716. The Balaban J connectivity index is 2.12. The average molecular weight is 283 g/mol. The van der Waals surface area contributed by atoms with Gasteiger partial charge >= 0.3 is 0 Å². The lowest BCUT2D eigenvalue weighted by atomic mass is 9.90. The van der Waals surface area contributed by atoms with Gasteiger partial charge in [-0.3, -0.25) is 4.79 Å². The Morgan fingerprint density at radius 2 is 1.86 bits per heavy atom. The lowest BCUT2D eigenvalue weighted by Gasteiger charge is -2.18. The summed E-state index contributed by atoms with van der Waals surface area (Å²) >= 11 is 0. The quantitative estimate of drug-likeness (QED) is 0.941. The summed E-state index contributed by atoms with van der Waals surface area (Å²) in [5.74, 6) is 0. The molecule has 1 heterocycles. The van der Waals surface area contributed by atoms with Crippen LogP contribution in [0, 0.1) is 0 Å². The van der Waals surface area contributed by atoms with Gasteiger partial charge in [0.1, 0.15) is 0 Å². The van der Waals surface area contributed by atoms with Gasteiger partial charge in [-0.05, 0) is 67.5 Å². The van der Waals surface area contributed by atoms with Crippen LogP contribution in [0.1, 0.15) is 36.5 Å². The normalized spacial score (nSPS) is 14.0. The first-order valence-electron chi connectivity index (χ1n) is 7.70. The van der Waals surface area contributed by atoms with Crippen LogP contribution >= 0.6 is 0 Å². The maximum atomic E-state index is 12.3. The molecule has 0 spiro atoms. The molecule has 1 aliphatic carbocycles. The fraction of sp³-hybridized carbons (Fsp3) is 0.389. The van der Waals surface area contributed by atoms with Crippen molar-refractivity contribution in [3.63, 3.8) is 0 Å². The number of aliphatic hydroxyl groups is 1. The molecule has 3 rings (SSSR count). The minimum Gasteiger partial charge on any atom is -0.391 e. The van der Waals surface area contributed by atoms with E-state index in [9.17, 15) is 9.90 Å². The van der Waals surface area contributed by atoms with Crippen LogP contribution in [0.25, 0.3) is 11.3 Å². The van der Waals surface area contributed by atoms with Crippen molar-refractivity contribution in [2.75, 3.05) is 0 Å². The molecule has 21 heavy (non-hydrogen) atoms. The summed E-state index contributed by atoms with van der Waals surface area (Å²) in [5, 5.41) is 9.24. The number of nitrogens with zero attached hydrogens (tertiary/aromatic N) is 1. The lowest BCUT2D eigenvalue weighted by Crippen LogP contribution is -2.24. The van der Waals surface area contributed by atoms with Gasteiger partial charge in [-0.1, -0.05) is 12.1 Å². The summed E-state index contributed by atoms with van der Waals surface area (Å²) < 4.78 is 1.75. The van der Waals surface area contributed by atoms with E-state index in [0.717, 1.165) is 17.7 Å². The number of rotatable bonds is 3. The number of hydrogen-bond donors (Lipinski definition) is 1. The first kappa shape index (κ1) is 14.1. The number of aryl methyl sites for hydroxylation is 2. The summed E-state index contributed by atoms with van der Waals surface area (Å²) in [6.07, 6.45) is 4.82. The molecular weight excluding hydrogens is 262 g/mol. The van der Waals surface area contributed by atoms with Crippen molar-refractivity contribution in [3.05, 3.63) is 57.4 Å². The van der Waals surface area contributed by atoms with E-state index in [0.29, 0.717) is 12.1 Å². The van der Waals surface area contributed by atoms with Crippen LogP contribution < -0.4 is 5.56 Å². The molecule has 0 aliphatic heterocycles. The molecule has 1 aliphatic rings. The SMILES string of the molecule is CCn1c(-c2ccc3c(c2)CCCC3)ccc(CO)c1=O. The van der Waals surface area contributed by atoms with Crippen LogP contribution in [0.15, 0.2) is 35.1 Å². The number of aliphatic hydroxyl groups excluding tert-OH is 1. The zero-order valence-corrected chi connectivity index (χ0v) is 12.4. The van der Waals surface area contributed by atoms with Crippen molar-refractivity contribution in [2.24, 2.45) is 0 Å². The summed E-state index contributed by atoms with van der Waals surface area (Å²) in [4.78, 5) is 12.3. The van der Waals surface area contributed by atoms with E-state index in [1.165, 1.54) is 30.4 Å². The van der Waals surface area contributed by atoms with Crippen molar-refractivity contribution in [1.29, 1.82) is 0 Å². The van der Waals surface area contributed by atoms with Gasteiger partial charge in [-0.25, -0.2) is 0 Å². The van der Waals surface area contributed by atoms with Crippen LogP contribution in [-0.2, 0) is 26.0 Å². The van der Waals surface area contributed by atoms with Gasteiger partial charge in [0.15, 0.2) is 0 Å². The van der Waals surface area contributed by atoms with Crippen LogP contribution in [0.4, 0.5) is 0 Å². The molecular formula is C18H21NO2. The Kier molecular flexibility index (Phi) is 3.93. The van der Waals surface area contributed by atoms with E-state index < -0.39 is 0 Å². The first-order chi connectivity index (χ1) is 10.2. The summed E-state index contributed by atoms with van der Waals surface area (Å²) in [6.45, 7) is 2.37. The lowest BCUT2D eigenvalue weighted by molar-refractivity contribution is 0.279. The Morgan fingerprint density at radius 1 is 1.10 bits per heavy atom. The zero-order valence-electron chi connectivity index (χ0n) is 12.4. The first-order valence-corrected chi connectivity index (χ1v) is 7.70. The highest BCUT2D eigenvalue weighted by Gasteiger charge is 2.13. The van der Waals surface area contributed by atoms with E-state index >= 15 is 0 Å². The van der Waals surface area contributed by atoms with Crippen molar-refractivity contribution in [1.82, 2.24) is 4.57 Å². The minimum atomic E-state index is -0.205. The molecule has 0 bridgehead atoms. The third-order valence-electron chi connectivity index (χ3n) is 4.38. The molecule has 0 saturated carbocycles. The molecule has 0 unspecified atom stereocenters. The highest BCUT2D eigenvalue weighted by molar-refractivity contribution is 5.62. The maximum absolute atomic E-state index is 12.3. The Hall–Kier alpha value is -1.87. The van der Waals surface area contributed by atoms with E-state index in [1.807, 2.05) is 13.0 Å². The molecule has 3 heteroatoms. The Labute approximate surface area is 124 Å². The van der Waals surface area contributed by atoms with Gasteiger partial charge in [-0.15, -0.1) is 0 Å². The minimum absolute atomic E-state index is 0.0878. The van der Waals surface area contributed by atoms with Gasteiger partial charge < -0.3 is 9.67 Å². The maximum Gasteiger partial charge on any atom is 0.256 e. The second-order valence-electron chi connectivity index (χ2n) is 5.64.